The first-order chi connectivity index (χ1) is 68.8. The molecule has 13 unspecified atom stereocenters. The normalized spacial score (nSPS) is 17.8. The van der Waals surface area contributed by atoms with Crippen molar-refractivity contribution in [1.29, 1.82) is 0 Å². The number of ether oxygens (including phenoxy) is 11. The minimum Gasteiger partial charge on any atom is -0.508 e. The first-order valence-electron chi connectivity index (χ1n) is 56.7. The highest BCUT2D eigenvalue weighted by molar-refractivity contribution is 5.35. The zero-order valence-corrected chi connectivity index (χ0v) is 94.0. The lowest BCUT2D eigenvalue weighted by molar-refractivity contribution is -0.177. The fourth-order valence-corrected chi connectivity index (χ4v) is 18.5. The second-order valence-electron chi connectivity index (χ2n) is 43.0. The predicted octanol–water partition coefficient (Wildman–Crippen LogP) is 37.4. The van der Waals surface area contributed by atoms with E-state index in [1.54, 1.807) is 36.4 Å². The maximum atomic E-state index is 9.01. The van der Waals surface area contributed by atoms with Crippen LogP contribution in [0.1, 0.15) is 476 Å². The quantitative estimate of drug-likeness (QED) is 0.0245. The predicted molar refractivity (Wildman–Crippen MR) is 599 cm³/mol. The molecular weight excluding hydrogens is 1770 g/mol. The first-order valence-corrected chi connectivity index (χ1v) is 56.7. The molecule has 800 valence electrons. The van der Waals surface area contributed by atoms with Crippen LogP contribution in [0.25, 0.3) is 0 Å². The van der Waals surface area contributed by atoms with Crippen molar-refractivity contribution in [2.24, 2.45) is 16.7 Å². The van der Waals surface area contributed by atoms with Crippen LogP contribution in [0.2, 0.25) is 0 Å². The highest BCUT2D eigenvalue weighted by Crippen LogP contribution is 2.42. The van der Waals surface area contributed by atoms with Crippen LogP contribution in [0.15, 0.2) is 194 Å². The molecule has 143 heavy (non-hydrogen) atoms. The molecule has 5 saturated carbocycles. The molecule has 0 heterocycles. The molecule has 0 bridgehead atoms. The maximum absolute atomic E-state index is 9.01. The molecule has 3 N–H and O–H groups in total. The van der Waals surface area contributed by atoms with Gasteiger partial charge in [-0.3, -0.25) is 0 Å². The summed E-state index contributed by atoms with van der Waals surface area (Å²) in [6.45, 7) is 55.1. The molecule has 14 nitrogen and oxygen atoms in total. The van der Waals surface area contributed by atoms with E-state index in [9.17, 15) is 0 Å². The van der Waals surface area contributed by atoms with Gasteiger partial charge in [0, 0.05) is 17.4 Å². The fourth-order valence-electron chi connectivity index (χ4n) is 18.5. The van der Waals surface area contributed by atoms with E-state index in [0.717, 1.165) is 73.4 Å². The van der Waals surface area contributed by atoms with Crippen molar-refractivity contribution in [3.05, 3.63) is 239 Å². The molecule has 0 aromatic heterocycles. The Morgan fingerprint density at radius 3 is 0.818 bits per heavy atom. The summed E-state index contributed by atoms with van der Waals surface area (Å²) in [7, 11) is 0. The molecule has 8 aromatic carbocycles. The molecule has 0 amide bonds. The molecular formula is C129H200O14. The van der Waals surface area contributed by atoms with Crippen LogP contribution >= 0.6 is 0 Å². The number of phenolic OH excluding ortho intramolecular Hbond substituents is 3. The average Bonchev–Trinajstić information content (AvgIpc) is 0.815. The Labute approximate surface area is 871 Å². The average molecular weight is 1980 g/mol. The summed E-state index contributed by atoms with van der Waals surface area (Å²) in [5, 5.41) is 27.0. The van der Waals surface area contributed by atoms with Gasteiger partial charge in [0.2, 0.25) is 12.6 Å². The third kappa shape index (κ3) is 49.1. The number of phenols is 3. The molecule has 8 aromatic rings. The van der Waals surface area contributed by atoms with Crippen molar-refractivity contribution in [2.75, 3.05) is 26.4 Å². The maximum Gasteiger partial charge on any atom is 0.205 e. The minimum atomic E-state index is -0.251. The van der Waals surface area contributed by atoms with Crippen LogP contribution in [0.3, 0.4) is 0 Å². The second-order valence-corrected chi connectivity index (χ2v) is 43.0. The van der Waals surface area contributed by atoms with Crippen molar-refractivity contribution < 1.29 is 67.4 Å². The Kier molecular flexibility index (Phi) is 60.5. The van der Waals surface area contributed by atoms with Crippen molar-refractivity contribution in [3.63, 3.8) is 0 Å². The Hall–Kier alpha value is -8.08. The summed E-state index contributed by atoms with van der Waals surface area (Å²) >= 11 is 0. The molecule has 0 radical (unpaired) electrons. The first kappa shape index (κ1) is 124. The number of benzene rings is 8. The third-order valence-corrected chi connectivity index (χ3v) is 30.3. The molecule has 0 aliphatic heterocycles. The van der Waals surface area contributed by atoms with E-state index in [1.807, 2.05) is 69.3 Å². The van der Waals surface area contributed by atoms with Gasteiger partial charge < -0.3 is 67.4 Å². The Morgan fingerprint density at radius 2 is 0.524 bits per heavy atom. The molecule has 13 atom stereocenters. The molecule has 0 spiro atoms. The second kappa shape index (κ2) is 69.9. The van der Waals surface area contributed by atoms with Gasteiger partial charge in [-0.2, -0.15) is 0 Å². The molecule has 5 aliphatic carbocycles. The van der Waals surface area contributed by atoms with Crippen molar-refractivity contribution in [2.45, 2.75) is 482 Å². The fraction of sp³-hybridized carbons (Fsp3) is 0.628. The van der Waals surface area contributed by atoms with E-state index >= 15 is 0 Å². The number of rotatable bonds is 42. The zero-order valence-electron chi connectivity index (χ0n) is 94.0. The van der Waals surface area contributed by atoms with E-state index in [1.165, 1.54) is 231 Å². The van der Waals surface area contributed by atoms with E-state index < -0.39 is 0 Å². The Balaban J connectivity index is 0.000000254. The topological polar surface area (TPSA) is 162 Å². The van der Waals surface area contributed by atoms with E-state index in [0.29, 0.717) is 103 Å². The summed E-state index contributed by atoms with van der Waals surface area (Å²) in [5.74, 6) is 11.2. The SMILES string of the molecule is CCC(C)c1ccc(O)cc1.CCC(C)c1ccc(O)cc1.CCC(C)c1ccc(O)cc1.CCC(C)c1ccc(OC(C)OC2CCCCC2)cc1.CCC(C)c1ccc(OC(C)OCCC2CCCCC2)cc1.CCC(C)c1ccc(OC(C)OCCOC2CCCCC2)cc1.CCC(C)c1ccc(OC(OC2CCCCC2)C(C)(C)C)cc1.CCOC(Oc1ccc(C(C)CC)cc1)C1(C)CCCCC1. The standard InChI is InChI=1S/C21H34O2.C20H32O3.2C20H32O2.C18H28O2.3C10H14O/c1-6-16(2)17-12-14-19(15-13-17)23-20(21(3,4)5)22-18-10-8-7-9-11-18;1-4-16(2)18-10-12-20(13-11-18)23-17(3)21-14-15-22-19-8-6-5-7-9-19;1-5-16(3)17-10-12-18(13-11-17)22-19(21-6-2)20(4)14-8-7-9-15-20;1-4-16(2)19-10-12-20(13-11-19)22-17(3)21-15-14-18-8-6-5-7-9-18;1-4-14(2)16-10-12-18(13-11-16)20-15(3)19-17-8-6-5-7-9-17;3*1-3-8(2)9-4-6-10(11)7-5-9/h12-16,18,20H,6-11H2,1-5H3;10-13,16-17,19H,4-9,14-15H2,1-3H3;10-13,16,19H,5-9,14-15H2,1-4H3;10-13,16-18H,4-9,14-15H2,1-3H3;10-15,17H,4-9H2,1-3H3;3*4-8,11H,3H2,1-2H3. The van der Waals surface area contributed by atoms with Crippen LogP contribution in [0, 0.1) is 16.7 Å². The van der Waals surface area contributed by atoms with Crippen molar-refractivity contribution >= 4 is 0 Å². The lowest BCUT2D eigenvalue weighted by Crippen LogP contribution is -2.40. The Morgan fingerprint density at radius 1 is 0.273 bits per heavy atom. The van der Waals surface area contributed by atoms with Crippen LogP contribution < -0.4 is 23.7 Å². The van der Waals surface area contributed by atoms with Gasteiger partial charge in [0.25, 0.3) is 0 Å². The molecule has 5 aliphatic rings. The zero-order chi connectivity index (χ0) is 104. The summed E-state index contributed by atoms with van der Waals surface area (Å²) in [6, 6.07) is 64.6. The highest BCUT2D eigenvalue weighted by atomic mass is 16.7. The van der Waals surface area contributed by atoms with E-state index in [-0.39, 0.29) is 42.3 Å². The Bertz CT molecular complexity index is 4300. The number of hydrogen-bond donors (Lipinski definition) is 3. The smallest absolute Gasteiger partial charge is 0.205 e. The van der Waals surface area contributed by atoms with Crippen LogP contribution in [-0.4, -0.2) is 91.5 Å². The van der Waals surface area contributed by atoms with Gasteiger partial charge in [-0.25, -0.2) is 0 Å². The largest absolute Gasteiger partial charge is 0.508 e. The van der Waals surface area contributed by atoms with Gasteiger partial charge in [-0.15, -0.1) is 0 Å². The molecule has 14 heteroatoms. The molecule has 0 saturated heterocycles. The van der Waals surface area contributed by atoms with Gasteiger partial charge >= 0.3 is 0 Å². The van der Waals surface area contributed by atoms with Gasteiger partial charge in [-0.1, -0.05) is 345 Å². The lowest BCUT2D eigenvalue weighted by Gasteiger charge is -2.39. The molecule has 13 rings (SSSR count). The number of hydrogen-bond acceptors (Lipinski definition) is 14. The summed E-state index contributed by atoms with van der Waals surface area (Å²) in [4.78, 5) is 0. The number of aromatic hydroxyl groups is 3. The van der Waals surface area contributed by atoms with Gasteiger partial charge in [0.1, 0.15) is 46.0 Å². The van der Waals surface area contributed by atoms with E-state index in [2.05, 4.69) is 255 Å². The summed E-state index contributed by atoms with van der Waals surface area (Å²) in [6.07, 6.45) is 42.9. The van der Waals surface area contributed by atoms with Crippen LogP contribution in [0.4, 0.5) is 0 Å². The molecule has 5 fully saturated rings. The van der Waals surface area contributed by atoms with Crippen molar-refractivity contribution in [3.8, 4) is 46.0 Å². The highest BCUT2D eigenvalue weighted by Gasteiger charge is 2.38. The van der Waals surface area contributed by atoms with E-state index in [4.69, 9.17) is 67.4 Å². The van der Waals surface area contributed by atoms with Gasteiger partial charge in [0.15, 0.2) is 18.9 Å². The van der Waals surface area contributed by atoms with Gasteiger partial charge in [0.05, 0.1) is 38.1 Å². The monoisotopic (exact) mass is 1970 g/mol. The van der Waals surface area contributed by atoms with Gasteiger partial charge in [-0.05, 0) is 332 Å². The minimum absolute atomic E-state index is 0.0349. The third-order valence-electron chi connectivity index (χ3n) is 30.3. The van der Waals surface area contributed by atoms with Crippen LogP contribution in [0.5, 0.6) is 46.0 Å². The lowest BCUT2D eigenvalue weighted by atomic mass is 9.75. The summed E-state index contributed by atoms with van der Waals surface area (Å²) < 4.78 is 65.6. The van der Waals surface area contributed by atoms with Crippen LogP contribution in [-0.2, 0) is 28.4 Å². The van der Waals surface area contributed by atoms with Crippen molar-refractivity contribution in [1.82, 2.24) is 0 Å². The summed E-state index contributed by atoms with van der Waals surface area (Å²) in [5.41, 5.74) is 10.9.